The first kappa shape index (κ1) is 28.0. The van der Waals surface area contributed by atoms with Gasteiger partial charge in [-0.05, 0) is 0 Å². The molecule has 4 rings (SSSR count). The molecule has 27 heavy (non-hydrogen) atoms. The Kier molecular flexibility index (Phi) is 11.3. The Balaban J connectivity index is 0.000000384. The van der Waals surface area contributed by atoms with Gasteiger partial charge in [0.2, 0.25) is 0 Å². The summed E-state index contributed by atoms with van der Waals surface area (Å²) in [6, 6.07) is 0. The summed E-state index contributed by atoms with van der Waals surface area (Å²) in [6.07, 6.45) is 8.82. The molecule has 0 aromatic carbocycles. The number of hydrogen-bond acceptors (Lipinski definition) is 1. The number of hydrogen-bond donors (Lipinski definition) is 0. The van der Waals surface area contributed by atoms with E-state index in [-0.39, 0.29) is 0 Å². The second-order valence-corrected chi connectivity index (χ2v) is 28.6. The predicted octanol–water partition coefficient (Wildman–Crippen LogP) is 7.78. The Morgan fingerprint density at radius 3 is 0.963 bits per heavy atom. The molecule has 0 N–H and O–H groups in total. The van der Waals surface area contributed by atoms with Crippen molar-refractivity contribution in [3.05, 3.63) is 19.6 Å². The molecule has 0 spiro atoms. The molecule has 4 bridgehead atoms. The van der Waals surface area contributed by atoms with Crippen LogP contribution in [0.2, 0.25) is 58.9 Å². The molecule has 5 heteroatoms. The van der Waals surface area contributed by atoms with Crippen LogP contribution in [0.4, 0.5) is 0 Å². The Bertz CT molecular complexity index is 362. The molecule has 0 unspecified atom stereocenters. The monoisotopic (exact) mass is 461 g/mol. The van der Waals surface area contributed by atoms with Gasteiger partial charge in [-0.15, -0.1) is 24.2 Å². The van der Waals surface area contributed by atoms with Crippen molar-refractivity contribution in [2.24, 2.45) is 21.5 Å². The van der Waals surface area contributed by atoms with E-state index in [9.17, 15) is 0 Å². The van der Waals surface area contributed by atoms with E-state index in [1.165, 1.54) is 38.5 Å². The van der Waals surface area contributed by atoms with E-state index in [0.29, 0.717) is 5.54 Å². The van der Waals surface area contributed by atoms with Crippen LogP contribution in [-0.2, 0) is 17.2 Å². The van der Waals surface area contributed by atoms with Crippen LogP contribution in [0.15, 0.2) is 3.79 Å². The SMILES string of the molecule is [CH2-][Si](C)(C)C.[CH2-][Si](C)(C)C.[CH2-][Si](C)(C)C.[V]=[N]C12CC3CC(CC(C3)C1)C2. The van der Waals surface area contributed by atoms with Crippen molar-refractivity contribution >= 4 is 24.2 Å². The molecule has 0 aromatic heterocycles. The van der Waals surface area contributed by atoms with Crippen molar-refractivity contribution in [1.82, 2.24) is 0 Å². The topological polar surface area (TPSA) is 12.4 Å². The summed E-state index contributed by atoms with van der Waals surface area (Å²) >= 11 is 2.49. The van der Waals surface area contributed by atoms with E-state index in [2.05, 4.69) is 99.6 Å². The van der Waals surface area contributed by atoms with Crippen LogP contribution < -0.4 is 0 Å². The standard InChI is InChI=1S/C10H15N.3C4H11Si.V/c11-10-4-7-1-8(5-10)3-9(2-7)6-10;3*1-5(2,3)4;/h7-9H,1-6H2;3*1H2,2-4H3;/q;3*-1;. The van der Waals surface area contributed by atoms with E-state index in [0.717, 1.165) is 17.8 Å². The van der Waals surface area contributed by atoms with Gasteiger partial charge in [0.1, 0.15) is 0 Å². The van der Waals surface area contributed by atoms with Crippen LogP contribution in [0.1, 0.15) is 38.5 Å². The molecular weight excluding hydrogens is 413 g/mol. The third-order valence-electron chi connectivity index (χ3n) is 4.22. The molecule has 4 saturated carbocycles. The summed E-state index contributed by atoms with van der Waals surface area (Å²) in [5.41, 5.74) is 0.439. The molecule has 0 atom stereocenters. The van der Waals surface area contributed by atoms with Gasteiger partial charge in [-0.3, -0.25) is 0 Å². The van der Waals surface area contributed by atoms with Crippen molar-refractivity contribution in [1.29, 1.82) is 0 Å². The summed E-state index contributed by atoms with van der Waals surface area (Å²) in [6.45, 7) is 31.7. The summed E-state index contributed by atoms with van der Waals surface area (Å²) in [7, 11) is -2.58. The van der Waals surface area contributed by atoms with Crippen molar-refractivity contribution in [2.45, 2.75) is 103 Å². The normalized spacial score (nSPS) is 31.4. The molecule has 0 amide bonds. The van der Waals surface area contributed by atoms with Gasteiger partial charge in [-0.25, -0.2) is 0 Å². The molecule has 4 aliphatic rings. The third-order valence-corrected chi connectivity index (χ3v) is 4.88. The average Bonchev–Trinajstić information content (AvgIpc) is 2.30. The van der Waals surface area contributed by atoms with Crippen LogP contribution in [0, 0.1) is 37.4 Å². The van der Waals surface area contributed by atoms with Gasteiger partial charge in [0, 0.05) is 0 Å². The van der Waals surface area contributed by atoms with Crippen molar-refractivity contribution in [3.8, 4) is 0 Å². The Hall–Kier alpha value is 1.04. The van der Waals surface area contributed by atoms with Crippen molar-refractivity contribution in [2.75, 3.05) is 0 Å². The molecule has 0 aliphatic heterocycles. The molecule has 0 aromatic rings. The molecular formula is C22H48NSi3V-3. The fourth-order valence-electron chi connectivity index (χ4n) is 4.19. The van der Waals surface area contributed by atoms with Gasteiger partial charge in [-0.2, -0.15) is 0 Å². The van der Waals surface area contributed by atoms with Gasteiger partial charge in [0.25, 0.3) is 0 Å². The first-order valence-corrected chi connectivity index (χ1v) is 22.5. The summed E-state index contributed by atoms with van der Waals surface area (Å²) in [5, 5.41) is 0. The summed E-state index contributed by atoms with van der Waals surface area (Å²) in [5.74, 6) is 3.14. The molecule has 1 nitrogen and oxygen atoms in total. The molecule has 0 radical (unpaired) electrons. The quantitative estimate of drug-likeness (QED) is 0.279. The predicted molar refractivity (Wildman–Crippen MR) is 129 cm³/mol. The Morgan fingerprint density at radius 1 is 0.630 bits per heavy atom. The number of rotatable bonds is 1. The van der Waals surface area contributed by atoms with E-state index < -0.39 is 24.2 Å². The molecule has 4 fully saturated rings. The molecule has 4 aliphatic carbocycles. The van der Waals surface area contributed by atoms with E-state index in [1.54, 1.807) is 0 Å². The van der Waals surface area contributed by atoms with Crippen LogP contribution >= 0.6 is 0 Å². The van der Waals surface area contributed by atoms with E-state index >= 15 is 0 Å². The molecule has 161 valence electrons. The third kappa shape index (κ3) is 17.6. The fraction of sp³-hybridized carbons (Fsp3) is 0.864. The van der Waals surface area contributed by atoms with Gasteiger partial charge in [0.15, 0.2) is 0 Å². The fourth-order valence-corrected chi connectivity index (χ4v) is 4.57. The molecule has 0 saturated heterocycles. The second-order valence-electron chi connectivity index (χ2n) is 12.9. The van der Waals surface area contributed by atoms with Crippen molar-refractivity contribution < 1.29 is 17.2 Å². The maximum atomic E-state index is 4.62. The second kappa shape index (κ2) is 10.9. The zero-order chi connectivity index (χ0) is 21.7. The zero-order valence-corrected chi connectivity index (χ0v) is 24.4. The number of nitrogens with zero attached hydrogens (tertiary/aromatic N) is 1. The Morgan fingerprint density at radius 2 is 0.815 bits per heavy atom. The Labute approximate surface area is 185 Å². The maximum absolute atomic E-state index is 4.62. The minimum atomic E-state index is -0.861. The van der Waals surface area contributed by atoms with Gasteiger partial charge < -0.3 is 19.6 Å². The van der Waals surface area contributed by atoms with Gasteiger partial charge in [-0.1, -0.05) is 58.9 Å². The van der Waals surface area contributed by atoms with Gasteiger partial charge >= 0.3 is 82.8 Å². The molecule has 0 heterocycles. The summed E-state index contributed by atoms with van der Waals surface area (Å²) in [4.78, 5) is 0. The first-order chi connectivity index (χ1) is 11.8. The van der Waals surface area contributed by atoms with E-state index in [4.69, 9.17) is 0 Å². The first-order valence-electron chi connectivity index (χ1n) is 10.7. The minimum absolute atomic E-state index is 0.439. The summed E-state index contributed by atoms with van der Waals surface area (Å²) < 4.78 is 4.62. The van der Waals surface area contributed by atoms with E-state index in [1.807, 2.05) is 0 Å². The zero-order valence-electron chi connectivity index (χ0n) is 20.0. The van der Waals surface area contributed by atoms with Crippen LogP contribution in [0.25, 0.3) is 0 Å². The van der Waals surface area contributed by atoms with Crippen LogP contribution in [0.3, 0.4) is 0 Å². The van der Waals surface area contributed by atoms with Crippen molar-refractivity contribution in [3.63, 3.8) is 0 Å². The average molecular weight is 462 g/mol. The van der Waals surface area contributed by atoms with Crippen LogP contribution in [-0.4, -0.2) is 29.8 Å². The van der Waals surface area contributed by atoms with Gasteiger partial charge in [0.05, 0.1) is 0 Å². The van der Waals surface area contributed by atoms with Crippen LogP contribution in [0.5, 0.6) is 0 Å².